The number of para-hydroxylation sites is 1. The van der Waals surface area contributed by atoms with Gasteiger partial charge in [0.05, 0.1) is 16.7 Å². The van der Waals surface area contributed by atoms with Crippen LogP contribution in [0.3, 0.4) is 0 Å². The van der Waals surface area contributed by atoms with Crippen LogP contribution in [-0.2, 0) is 0 Å². The van der Waals surface area contributed by atoms with E-state index in [9.17, 15) is 0 Å². The van der Waals surface area contributed by atoms with E-state index in [0.29, 0.717) is 17.5 Å². The van der Waals surface area contributed by atoms with E-state index in [1.165, 1.54) is 52.8 Å². The average Bonchev–Trinajstić information content (AvgIpc) is 3.77. The van der Waals surface area contributed by atoms with Crippen LogP contribution >= 0.6 is 11.3 Å². The standard InChI is InChI=1S/C47H28N4S/c1-2-14-30(15-3-1)45-48-46(50-47(49-45)38-21-12-24-42-43(38)37-20-9-11-23-41(37)52-42)36-27-28-40(33-18-7-6-17-32(33)36)51-39-22-10-8-19-34(39)35-26-25-29-13-4-5-16-31(29)44(35)51/h1-28H. The maximum absolute atomic E-state index is 5.29. The molecule has 8 aromatic carbocycles. The van der Waals surface area contributed by atoms with Crippen molar-refractivity contribution in [3.8, 4) is 39.9 Å². The fraction of sp³-hybridized carbons (Fsp3) is 0. The predicted molar refractivity (Wildman–Crippen MR) is 218 cm³/mol. The molecule has 0 amide bonds. The van der Waals surface area contributed by atoms with Gasteiger partial charge < -0.3 is 4.57 Å². The molecule has 0 aliphatic rings. The van der Waals surface area contributed by atoms with E-state index in [1.807, 2.05) is 18.2 Å². The van der Waals surface area contributed by atoms with Crippen LogP contribution in [0.25, 0.3) is 103 Å². The molecule has 242 valence electrons. The topological polar surface area (TPSA) is 43.6 Å². The lowest BCUT2D eigenvalue weighted by molar-refractivity contribution is 1.08. The molecule has 0 radical (unpaired) electrons. The molecule has 11 aromatic rings. The first-order chi connectivity index (χ1) is 25.8. The van der Waals surface area contributed by atoms with Gasteiger partial charge in [0.25, 0.3) is 0 Å². The van der Waals surface area contributed by atoms with Gasteiger partial charge in [-0.25, -0.2) is 15.0 Å². The van der Waals surface area contributed by atoms with Crippen molar-refractivity contribution in [3.05, 3.63) is 170 Å². The Morgan fingerprint density at radius 2 is 1.04 bits per heavy atom. The van der Waals surface area contributed by atoms with Crippen molar-refractivity contribution in [2.24, 2.45) is 0 Å². The van der Waals surface area contributed by atoms with Crippen molar-refractivity contribution >= 4 is 74.9 Å². The summed E-state index contributed by atoms with van der Waals surface area (Å²) in [4.78, 5) is 15.6. The first-order valence-corrected chi connectivity index (χ1v) is 18.3. The van der Waals surface area contributed by atoms with E-state index in [4.69, 9.17) is 15.0 Å². The molecule has 5 heteroatoms. The molecule has 0 N–H and O–H groups in total. The highest BCUT2D eigenvalue weighted by molar-refractivity contribution is 7.25. The van der Waals surface area contributed by atoms with Gasteiger partial charge in [-0.1, -0.05) is 140 Å². The number of thiophene rings is 1. The van der Waals surface area contributed by atoms with Gasteiger partial charge >= 0.3 is 0 Å². The first-order valence-electron chi connectivity index (χ1n) is 17.5. The highest BCUT2D eigenvalue weighted by atomic mass is 32.1. The van der Waals surface area contributed by atoms with Gasteiger partial charge in [0.2, 0.25) is 0 Å². The summed E-state index contributed by atoms with van der Waals surface area (Å²) in [5, 5.41) is 9.54. The van der Waals surface area contributed by atoms with Gasteiger partial charge in [0, 0.05) is 58.4 Å². The second kappa shape index (κ2) is 11.4. The number of hydrogen-bond donors (Lipinski definition) is 0. The lowest BCUT2D eigenvalue weighted by atomic mass is 10.0. The molecule has 0 spiro atoms. The van der Waals surface area contributed by atoms with Crippen LogP contribution < -0.4 is 0 Å². The zero-order chi connectivity index (χ0) is 34.2. The summed E-state index contributed by atoms with van der Waals surface area (Å²) in [5.41, 5.74) is 6.43. The largest absolute Gasteiger partial charge is 0.308 e. The summed E-state index contributed by atoms with van der Waals surface area (Å²) in [6.45, 7) is 0. The number of hydrogen-bond acceptors (Lipinski definition) is 4. The van der Waals surface area contributed by atoms with Crippen molar-refractivity contribution in [1.82, 2.24) is 19.5 Å². The molecule has 0 aliphatic heterocycles. The minimum atomic E-state index is 0.649. The number of aromatic nitrogens is 4. The Hall–Kier alpha value is -6.69. The summed E-state index contributed by atoms with van der Waals surface area (Å²) >= 11 is 1.80. The van der Waals surface area contributed by atoms with Gasteiger partial charge in [-0.3, -0.25) is 0 Å². The van der Waals surface area contributed by atoms with E-state index >= 15 is 0 Å². The average molecular weight is 681 g/mol. The molecular formula is C47H28N4S. The van der Waals surface area contributed by atoms with Crippen LogP contribution in [-0.4, -0.2) is 19.5 Å². The molecule has 0 fully saturated rings. The Morgan fingerprint density at radius 3 is 1.90 bits per heavy atom. The smallest absolute Gasteiger partial charge is 0.164 e. The Morgan fingerprint density at radius 1 is 0.385 bits per heavy atom. The zero-order valence-corrected chi connectivity index (χ0v) is 28.7. The molecule has 0 atom stereocenters. The van der Waals surface area contributed by atoms with E-state index < -0.39 is 0 Å². The molecule has 4 nitrogen and oxygen atoms in total. The summed E-state index contributed by atoms with van der Waals surface area (Å²) in [6.07, 6.45) is 0. The molecule has 11 rings (SSSR count). The molecule has 0 bridgehead atoms. The van der Waals surface area contributed by atoms with E-state index in [1.54, 1.807) is 11.3 Å². The lowest BCUT2D eigenvalue weighted by Gasteiger charge is -2.16. The third-order valence-corrected chi connectivity index (χ3v) is 11.4. The quantitative estimate of drug-likeness (QED) is 0.186. The van der Waals surface area contributed by atoms with Crippen LogP contribution in [0.5, 0.6) is 0 Å². The predicted octanol–water partition coefficient (Wildman–Crippen LogP) is 12.6. The van der Waals surface area contributed by atoms with Gasteiger partial charge in [0.15, 0.2) is 17.5 Å². The summed E-state index contributed by atoms with van der Waals surface area (Å²) in [6, 6.07) is 60.2. The normalized spacial score (nSPS) is 11.8. The number of fused-ring (bicyclic) bond motifs is 9. The van der Waals surface area contributed by atoms with Crippen LogP contribution in [0, 0.1) is 0 Å². The number of benzene rings is 8. The molecule has 0 unspecified atom stereocenters. The molecular weight excluding hydrogens is 653 g/mol. The summed E-state index contributed by atoms with van der Waals surface area (Å²) in [7, 11) is 0. The Balaban J connectivity index is 1.19. The van der Waals surface area contributed by atoms with Gasteiger partial charge in [-0.05, 0) is 41.1 Å². The van der Waals surface area contributed by atoms with E-state index in [0.717, 1.165) is 33.2 Å². The van der Waals surface area contributed by atoms with Crippen LogP contribution in [0.4, 0.5) is 0 Å². The van der Waals surface area contributed by atoms with Crippen LogP contribution in [0.1, 0.15) is 0 Å². The Labute approximate surface area is 302 Å². The molecule has 0 saturated heterocycles. The second-order valence-electron chi connectivity index (χ2n) is 13.2. The second-order valence-corrected chi connectivity index (χ2v) is 14.2. The Bertz CT molecular complexity index is 3190. The minimum Gasteiger partial charge on any atom is -0.308 e. The minimum absolute atomic E-state index is 0.649. The van der Waals surface area contributed by atoms with Crippen molar-refractivity contribution in [2.45, 2.75) is 0 Å². The molecule has 3 aromatic heterocycles. The van der Waals surface area contributed by atoms with Gasteiger partial charge in [-0.2, -0.15) is 0 Å². The van der Waals surface area contributed by atoms with Gasteiger partial charge in [-0.15, -0.1) is 11.3 Å². The van der Waals surface area contributed by atoms with Crippen molar-refractivity contribution in [2.75, 3.05) is 0 Å². The summed E-state index contributed by atoms with van der Waals surface area (Å²) in [5.74, 6) is 1.97. The van der Waals surface area contributed by atoms with E-state index in [-0.39, 0.29) is 0 Å². The lowest BCUT2D eigenvalue weighted by Crippen LogP contribution is -2.02. The fourth-order valence-electron chi connectivity index (χ4n) is 7.95. The highest BCUT2D eigenvalue weighted by Crippen LogP contribution is 2.42. The van der Waals surface area contributed by atoms with Crippen molar-refractivity contribution < 1.29 is 0 Å². The molecule has 0 saturated carbocycles. The summed E-state index contributed by atoms with van der Waals surface area (Å²) < 4.78 is 4.91. The van der Waals surface area contributed by atoms with Gasteiger partial charge in [0.1, 0.15) is 0 Å². The highest BCUT2D eigenvalue weighted by Gasteiger charge is 2.21. The first kappa shape index (κ1) is 29.1. The maximum atomic E-state index is 5.29. The maximum Gasteiger partial charge on any atom is 0.164 e. The molecule has 0 aliphatic carbocycles. The molecule has 3 heterocycles. The number of nitrogens with zero attached hydrogens (tertiary/aromatic N) is 4. The van der Waals surface area contributed by atoms with Crippen LogP contribution in [0.2, 0.25) is 0 Å². The van der Waals surface area contributed by atoms with Crippen molar-refractivity contribution in [1.29, 1.82) is 0 Å². The third-order valence-electron chi connectivity index (χ3n) is 10.3. The third kappa shape index (κ3) is 4.36. The number of rotatable bonds is 4. The Kier molecular flexibility index (Phi) is 6.39. The SMILES string of the molecule is c1ccc(-c2nc(-c3ccc(-n4c5ccccc5c5ccc6ccccc6c54)c4ccccc34)nc(-c3cccc4sc5ccccc5c34)n2)cc1. The van der Waals surface area contributed by atoms with Crippen molar-refractivity contribution in [3.63, 3.8) is 0 Å². The zero-order valence-electron chi connectivity index (χ0n) is 27.9. The van der Waals surface area contributed by atoms with Crippen LogP contribution in [0.15, 0.2) is 170 Å². The monoisotopic (exact) mass is 680 g/mol. The molecule has 52 heavy (non-hydrogen) atoms. The van der Waals surface area contributed by atoms with E-state index in [2.05, 4.69) is 156 Å². The fourth-order valence-corrected chi connectivity index (χ4v) is 9.08.